The first-order chi connectivity index (χ1) is 5.70. The fourth-order valence-corrected chi connectivity index (χ4v) is 1.50. The van der Waals surface area contributed by atoms with E-state index in [0.717, 1.165) is 19.4 Å². The minimum absolute atomic E-state index is 0.122. The summed E-state index contributed by atoms with van der Waals surface area (Å²) in [5.74, 6) is -0.0145. The van der Waals surface area contributed by atoms with Gasteiger partial charge in [-0.25, -0.2) is 0 Å². The van der Waals surface area contributed by atoms with E-state index in [1.165, 1.54) is 0 Å². The van der Waals surface area contributed by atoms with Crippen LogP contribution in [0.5, 0.6) is 0 Å². The largest absolute Gasteiger partial charge is 0.381 e. The second kappa shape index (κ2) is 4.42. The van der Waals surface area contributed by atoms with Crippen LogP contribution in [0, 0.1) is 5.92 Å². The fraction of sp³-hybridized carbons (Fsp3) is 0.875. The molecule has 2 atom stereocenters. The molecular formula is C8H16N2O2. The minimum Gasteiger partial charge on any atom is -0.381 e. The average molecular weight is 172 g/mol. The Labute approximate surface area is 72.2 Å². The van der Waals surface area contributed by atoms with Gasteiger partial charge in [-0.1, -0.05) is 0 Å². The van der Waals surface area contributed by atoms with E-state index in [-0.39, 0.29) is 18.4 Å². The van der Waals surface area contributed by atoms with Crippen LogP contribution in [0.2, 0.25) is 0 Å². The molecule has 0 aromatic rings. The molecule has 12 heavy (non-hydrogen) atoms. The van der Waals surface area contributed by atoms with Gasteiger partial charge in [0.1, 0.15) is 0 Å². The molecule has 4 nitrogen and oxygen atoms in total. The lowest BCUT2D eigenvalue weighted by Gasteiger charge is -2.26. The molecule has 0 spiro atoms. The maximum atomic E-state index is 10.6. The lowest BCUT2D eigenvalue weighted by atomic mass is 9.92. The van der Waals surface area contributed by atoms with E-state index in [1.54, 1.807) is 0 Å². The van der Waals surface area contributed by atoms with Crippen LogP contribution in [0.25, 0.3) is 0 Å². The highest BCUT2D eigenvalue weighted by Crippen LogP contribution is 2.17. The Balaban J connectivity index is 2.29. The van der Waals surface area contributed by atoms with Gasteiger partial charge in [0, 0.05) is 19.1 Å². The Kier molecular flexibility index (Phi) is 3.49. The molecule has 4 N–H and O–H groups in total. The lowest BCUT2D eigenvalue weighted by molar-refractivity contribution is -0.118. The molecule has 0 radical (unpaired) electrons. The van der Waals surface area contributed by atoms with Crippen LogP contribution >= 0.6 is 0 Å². The van der Waals surface area contributed by atoms with E-state index in [1.807, 2.05) is 0 Å². The number of ether oxygens (including phenoxy) is 1. The third-order valence-corrected chi connectivity index (χ3v) is 2.24. The number of amides is 1. The van der Waals surface area contributed by atoms with Crippen molar-refractivity contribution in [2.45, 2.75) is 25.3 Å². The molecule has 1 aliphatic rings. The lowest BCUT2D eigenvalue weighted by Crippen LogP contribution is -2.38. The molecule has 1 unspecified atom stereocenters. The standard InChI is InChI=1S/C8H16N2O2/c9-7(4-8(10)11)6-2-1-3-12-5-6/h6-7H,1-5,9H2,(H2,10,11)/t6?,7-/m1/s1. The second-order valence-corrected chi connectivity index (χ2v) is 3.31. The summed E-state index contributed by atoms with van der Waals surface area (Å²) in [5, 5.41) is 0. The predicted octanol–water partition coefficient (Wildman–Crippen LogP) is -0.384. The highest BCUT2D eigenvalue weighted by molar-refractivity contribution is 5.74. The van der Waals surface area contributed by atoms with Gasteiger partial charge in [0.15, 0.2) is 0 Å². The van der Waals surface area contributed by atoms with Gasteiger partial charge in [0.05, 0.1) is 6.61 Å². The summed E-state index contributed by atoms with van der Waals surface area (Å²) >= 11 is 0. The van der Waals surface area contributed by atoms with Gasteiger partial charge in [0.2, 0.25) is 5.91 Å². The molecule has 1 amide bonds. The zero-order chi connectivity index (χ0) is 8.97. The van der Waals surface area contributed by atoms with Crippen LogP contribution in [-0.2, 0) is 9.53 Å². The Morgan fingerprint density at radius 1 is 1.67 bits per heavy atom. The van der Waals surface area contributed by atoms with Crippen molar-refractivity contribution in [3.05, 3.63) is 0 Å². The Bertz CT molecular complexity index is 155. The van der Waals surface area contributed by atoms with Gasteiger partial charge in [-0.15, -0.1) is 0 Å². The number of rotatable bonds is 3. The maximum absolute atomic E-state index is 10.6. The first kappa shape index (κ1) is 9.48. The van der Waals surface area contributed by atoms with Crippen molar-refractivity contribution in [1.82, 2.24) is 0 Å². The van der Waals surface area contributed by atoms with E-state index in [0.29, 0.717) is 12.5 Å². The van der Waals surface area contributed by atoms with Gasteiger partial charge in [-0.2, -0.15) is 0 Å². The fourth-order valence-electron chi connectivity index (χ4n) is 1.50. The van der Waals surface area contributed by atoms with Crippen LogP contribution < -0.4 is 11.5 Å². The molecule has 1 aliphatic heterocycles. The van der Waals surface area contributed by atoms with E-state index in [9.17, 15) is 4.79 Å². The van der Waals surface area contributed by atoms with Crippen LogP contribution in [-0.4, -0.2) is 25.2 Å². The van der Waals surface area contributed by atoms with E-state index < -0.39 is 0 Å². The van der Waals surface area contributed by atoms with Crippen molar-refractivity contribution in [1.29, 1.82) is 0 Å². The summed E-state index contributed by atoms with van der Waals surface area (Å²) in [6.45, 7) is 1.49. The van der Waals surface area contributed by atoms with Crippen LogP contribution in [0.15, 0.2) is 0 Å². The minimum atomic E-state index is -0.326. The molecule has 1 saturated heterocycles. The quantitative estimate of drug-likeness (QED) is 0.609. The first-order valence-corrected chi connectivity index (χ1v) is 4.32. The number of primary amides is 1. The highest BCUT2D eigenvalue weighted by atomic mass is 16.5. The summed E-state index contributed by atoms with van der Waals surface area (Å²) in [6.07, 6.45) is 2.36. The zero-order valence-corrected chi connectivity index (χ0v) is 7.16. The molecule has 0 aliphatic carbocycles. The molecule has 1 rings (SSSR count). The normalized spacial score (nSPS) is 26.6. The Morgan fingerprint density at radius 3 is 2.92 bits per heavy atom. The summed E-state index contributed by atoms with van der Waals surface area (Å²) in [7, 11) is 0. The van der Waals surface area contributed by atoms with Crippen LogP contribution in [0.1, 0.15) is 19.3 Å². The van der Waals surface area contributed by atoms with Crippen LogP contribution in [0.3, 0.4) is 0 Å². The van der Waals surface area contributed by atoms with Crippen LogP contribution in [0.4, 0.5) is 0 Å². The smallest absolute Gasteiger partial charge is 0.218 e. The number of hydrogen-bond donors (Lipinski definition) is 2. The maximum Gasteiger partial charge on any atom is 0.218 e. The molecule has 1 heterocycles. The Hall–Kier alpha value is -0.610. The second-order valence-electron chi connectivity index (χ2n) is 3.31. The molecular weight excluding hydrogens is 156 g/mol. The molecule has 0 bridgehead atoms. The topological polar surface area (TPSA) is 78.3 Å². The SMILES string of the molecule is NC(=O)C[C@@H](N)C1CCCOC1. The molecule has 4 heteroatoms. The van der Waals surface area contributed by atoms with Crippen molar-refractivity contribution in [2.75, 3.05) is 13.2 Å². The number of carbonyl (C=O) groups excluding carboxylic acids is 1. The summed E-state index contributed by atoms with van der Waals surface area (Å²) in [4.78, 5) is 10.6. The van der Waals surface area contributed by atoms with Gasteiger partial charge in [-0.05, 0) is 18.8 Å². The van der Waals surface area contributed by atoms with Gasteiger partial charge in [0.25, 0.3) is 0 Å². The highest BCUT2D eigenvalue weighted by Gasteiger charge is 2.22. The predicted molar refractivity (Wildman–Crippen MR) is 45.3 cm³/mol. The van der Waals surface area contributed by atoms with Crippen molar-refractivity contribution < 1.29 is 9.53 Å². The number of hydrogen-bond acceptors (Lipinski definition) is 3. The monoisotopic (exact) mass is 172 g/mol. The third kappa shape index (κ3) is 2.79. The number of carbonyl (C=O) groups is 1. The molecule has 0 saturated carbocycles. The molecule has 0 aromatic heterocycles. The van der Waals surface area contributed by atoms with Gasteiger partial charge >= 0.3 is 0 Å². The third-order valence-electron chi connectivity index (χ3n) is 2.24. The average Bonchev–Trinajstić information content (AvgIpc) is 2.05. The van der Waals surface area contributed by atoms with E-state index in [4.69, 9.17) is 16.2 Å². The van der Waals surface area contributed by atoms with Crippen molar-refractivity contribution in [3.63, 3.8) is 0 Å². The summed E-state index contributed by atoms with van der Waals surface area (Å²) in [5.41, 5.74) is 10.8. The Morgan fingerprint density at radius 2 is 2.42 bits per heavy atom. The van der Waals surface area contributed by atoms with E-state index >= 15 is 0 Å². The molecule has 1 fully saturated rings. The number of nitrogens with two attached hydrogens (primary N) is 2. The van der Waals surface area contributed by atoms with Gasteiger partial charge < -0.3 is 16.2 Å². The van der Waals surface area contributed by atoms with Crippen molar-refractivity contribution in [3.8, 4) is 0 Å². The summed E-state index contributed by atoms with van der Waals surface area (Å²) in [6, 6.07) is -0.122. The molecule has 0 aromatic carbocycles. The summed E-state index contributed by atoms with van der Waals surface area (Å²) < 4.78 is 5.25. The van der Waals surface area contributed by atoms with Crippen molar-refractivity contribution >= 4 is 5.91 Å². The zero-order valence-electron chi connectivity index (χ0n) is 7.16. The van der Waals surface area contributed by atoms with E-state index in [2.05, 4.69) is 0 Å². The molecule has 70 valence electrons. The van der Waals surface area contributed by atoms with Crippen molar-refractivity contribution in [2.24, 2.45) is 17.4 Å². The van der Waals surface area contributed by atoms with Gasteiger partial charge in [-0.3, -0.25) is 4.79 Å². The first-order valence-electron chi connectivity index (χ1n) is 4.32.